The molecule has 11 aromatic rings. The SMILES string of the molecule is C=O.CCC(=O)c1csc(C)c1.CCCC(=O)c1csc(C)c1.COCCN(CCOC)C(=O)c1csc(C)c1.COCN(C)C(=O)c1csc(C)c1.Cc1cc(C(=O)CCCN(C)C)cs1.Cc1cc(C(=O)CCCO)cs1.Cc1cc(C(=O)CCO)cs1.Cc1cc(C(=O)N(C)C)cs1.Cc1cc(C(N)=O)cs1.Cc1cc(CCCC(=O)O)cs1.Cc1cc(NCCCN(C)C)cs1. The van der Waals surface area contributed by atoms with Gasteiger partial charge in [0, 0.05) is 248 Å². The number of rotatable bonds is 38. The van der Waals surface area contributed by atoms with Crippen molar-refractivity contribution in [2.24, 2.45) is 5.73 Å². The summed E-state index contributed by atoms with van der Waals surface area (Å²) in [6.07, 6.45) is 8.17. The van der Waals surface area contributed by atoms with Gasteiger partial charge in [-0.3, -0.25) is 47.9 Å². The van der Waals surface area contributed by atoms with Crippen molar-refractivity contribution in [1.82, 2.24) is 24.5 Å². The molecular weight excluding hydrogens is 1920 g/mol. The van der Waals surface area contributed by atoms with Gasteiger partial charge < -0.3 is 69.9 Å². The van der Waals surface area contributed by atoms with Crippen LogP contribution in [0.4, 0.5) is 5.69 Å². The molecule has 0 spiro atoms. The van der Waals surface area contributed by atoms with Crippen LogP contribution >= 0.6 is 125 Å². The van der Waals surface area contributed by atoms with E-state index in [2.05, 4.69) is 66.0 Å². The Kier molecular flexibility index (Phi) is 70.0. The van der Waals surface area contributed by atoms with Gasteiger partial charge in [0.15, 0.2) is 28.9 Å². The van der Waals surface area contributed by atoms with Crippen LogP contribution < -0.4 is 11.1 Å². The van der Waals surface area contributed by atoms with Crippen LogP contribution in [-0.2, 0) is 30.2 Å². The third-order valence-corrected chi connectivity index (χ3v) is 27.4. The quantitative estimate of drug-likeness (QED) is 0.0136. The Hall–Kier alpha value is -8.41. The van der Waals surface area contributed by atoms with E-state index in [1.807, 2.05) is 189 Å². The summed E-state index contributed by atoms with van der Waals surface area (Å²) in [5.74, 6) is 0.0213. The number of ketones is 5. The van der Waals surface area contributed by atoms with Gasteiger partial charge in [-0.25, -0.2) is 0 Å². The average molecular weight is 2070 g/mol. The highest BCUT2D eigenvalue weighted by molar-refractivity contribution is 7.13. The molecule has 0 atom stereocenters. The largest absolute Gasteiger partial charge is 0.481 e. The first-order chi connectivity index (χ1) is 64.0. The van der Waals surface area contributed by atoms with E-state index in [0.717, 1.165) is 114 Å². The molecule has 0 bridgehead atoms. The smallest absolute Gasteiger partial charge is 0.303 e. The molecule has 0 fully saturated rings. The van der Waals surface area contributed by atoms with E-state index in [4.69, 9.17) is 40.1 Å². The van der Waals surface area contributed by atoms with Gasteiger partial charge in [-0.1, -0.05) is 13.8 Å². The summed E-state index contributed by atoms with van der Waals surface area (Å²) in [7, 11) is 18.3. The fourth-order valence-electron chi connectivity index (χ4n) is 11.0. The number of aryl methyl sites for hydroxylation is 12. The first-order valence-electron chi connectivity index (χ1n) is 43.6. The molecule has 11 aromatic heterocycles. The summed E-state index contributed by atoms with van der Waals surface area (Å²) >= 11 is 17.9. The van der Waals surface area contributed by atoms with Gasteiger partial charge in [0.05, 0.1) is 42.1 Å². The van der Waals surface area contributed by atoms with Crippen molar-refractivity contribution in [3.05, 3.63) is 235 Å². The molecule has 0 aliphatic carbocycles. The Bertz CT molecular complexity index is 5080. The third kappa shape index (κ3) is 58.8. The number of Topliss-reactive ketones (excluding diaryl/α,β-unsaturated/α-hetero) is 5. The van der Waals surface area contributed by atoms with Crippen molar-refractivity contribution in [1.29, 1.82) is 0 Å². The number of thiophene rings is 11. The van der Waals surface area contributed by atoms with E-state index in [1.54, 1.807) is 182 Å². The monoisotopic (exact) mass is 2070 g/mol. The minimum atomic E-state index is -0.707. The Morgan fingerprint density at radius 2 is 0.696 bits per heavy atom. The Morgan fingerprint density at radius 1 is 0.363 bits per heavy atom. The number of carbonyl (C=O) groups is 11. The average Bonchev–Trinajstić information content (AvgIpc) is 1.75. The second-order valence-corrected chi connectivity index (χ2v) is 43.3. The molecule has 6 N–H and O–H groups in total. The van der Waals surface area contributed by atoms with E-state index in [1.165, 1.54) is 58.3 Å². The van der Waals surface area contributed by atoms with Crippen LogP contribution in [0.3, 0.4) is 0 Å². The summed E-state index contributed by atoms with van der Waals surface area (Å²) in [6.45, 7) is 33.8. The van der Waals surface area contributed by atoms with Crippen LogP contribution in [0, 0.1) is 76.2 Å². The standard InChI is InChI=1S/C12H19NO3S.C11H17NOS.C10H18N2S.C9H13NO2S.2C9H12O2S.C9H12OS.C8H11NOS.C8H10O2S.C8H10OS.C6H7NOS.CH2O/c1-10-8-11(9-17-10)12(14)13(4-6-15-2)5-7-16-3;1-9-7-10(8-14-9)11(13)5-4-6-12(2)3;1-9-7-10(8-13-9)11-5-4-6-12(2)3;1-7-4-8(5-13-7)9(11)10(2)6-12-3;1-7-5-8(6-12-7)9(11)3-2-4-10;1-7-5-8(6-12-7)3-2-4-9(10)11;1-3-4-9(10)8-5-7(2)11-6-8;1-6-4-7(5-11-6)8(10)9(2)3;1-6-4-7(5-11-6)8(10)2-3-9;1-3-8(9)7-4-6(2)10-5-7;1-4-2-5(3-9-4)6(7)8;1-2/h8-9H,4-7H2,1-3H3;7-8H,4-6H2,1-3H3;7-8,11H,4-6H2,1-3H3;4-5H,6H2,1-3H3;5-6,10H,2-4H2,1H3;5-6H,2-4H2,1H3,(H,10,11);5-6H,3-4H2,1-2H3;4-5H,1-3H3;4-5,9H,2-3H2,1H3;4-5H,3H2,1-2H3;2-3H,1H3,(H2,7,8);1H2. The topological polar surface area (TPSA) is 330 Å². The fraction of sp³-hybridized carbons (Fsp3) is 0.450. The lowest BCUT2D eigenvalue weighted by atomic mass is 10.1. The number of hydrogen-bond donors (Lipinski definition) is 5. The lowest BCUT2D eigenvalue weighted by molar-refractivity contribution is -0.137. The van der Waals surface area contributed by atoms with Crippen molar-refractivity contribution >= 4 is 196 Å². The number of aliphatic hydroxyl groups excluding tert-OH is 2. The number of aliphatic hydroxyl groups is 2. The molecule has 0 saturated carbocycles. The molecule has 0 unspecified atom stereocenters. The maximum Gasteiger partial charge on any atom is 0.303 e. The number of carboxylic acids is 1. The number of aliphatic carboxylic acids is 1. The molecule has 11 rings (SSSR count). The zero-order valence-corrected chi connectivity index (χ0v) is 91.8. The molecule has 746 valence electrons. The minimum Gasteiger partial charge on any atom is -0.481 e. The molecule has 35 heteroatoms. The van der Waals surface area contributed by atoms with Crippen molar-refractivity contribution < 1.29 is 82.3 Å². The first-order valence-corrected chi connectivity index (χ1v) is 53.2. The molecule has 0 radical (unpaired) electrons. The lowest BCUT2D eigenvalue weighted by Crippen LogP contribution is -2.36. The van der Waals surface area contributed by atoms with Crippen LogP contribution in [0.25, 0.3) is 0 Å². The number of carboxylic acid groups (broad SMARTS) is 1. The number of anilines is 1. The number of ether oxygens (including phenoxy) is 3. The number of nitrogens with two attached hydrogens (primary N) is 1. The van der Waals surface area contributed by atoms with Crippen molar-refractivity contribution in [3.63, 3.8) is 0 Å². The van der Waals surface area contributed by atoms with E-state index >= 15 is 0 Å². The maximum atomic E-state index is 12.2. The van der Waals surface area contributed by atoms with E-state index in [0.29, 0.717) is 70.7 Å². The number of carbonyl (C=O) groups excluding carboxylic acids is 10. The summed E-state index contributed by atoms with van der Waals surface area (Å²) in [4.78, 5) is 142. The van der Waals surface area contributed by atoms with Gasteiger partial charge in [0.2, 0.25) is 5.91 Å². The Labute approximate surface area is 845 Å². The summed E-state index contributed by atoms with van der Waals surface area (Å²) < 4.78 is 14.9. The van der Waals surface area contributed by atoms with Crippen LogP contribution in [0.15, 0.2) is 126 Å². The lowest BCUT2D eigenvalue weighted by Gasteiger charge is -2.21. The number of primary amides is 1. The van der Waals surface area contributed by atoms with Gasteiger partial charge in [-0.05, 0) is 234 Å². The number of amides is 4. The predicted molar refractivity (Wildman–Crippen MR) is 572 cm³/mol. The molecule has 24 nitrogen and oxygen atoms in total. The summed E-state index contributed by atoms with van der Waals surface area (Å²) in [5.41, 5.74) is 14.5. The third-order valence-electron chi connectivity index (χ3n) is 17.9. The normalized spacial score (nSPS) is 10.1. The number of hydrogen-bond acceptors (Lipinski definition) is 30. The fourth-order valence-corrected chi connectivity index (χ4v) is 18.6. The first kappa shape index (κ1) is 127. The number of nitrogens with one attached hydrogen (secondary N) is 1. The highest BCUT2D eigenvalue weighted by atomic mass is 32.1. The number of nitrogens with zero attached hydrogens (tertiary/aromatic N) is 5. The highest BCUT2D eigenvalue weighted by Gasteiger charge is 2.18. The van der Waals surface area contributed by atoms with Crippen LogP contribution in [0.1, 0.15) is 237 Å². The van der Waals surface area contributed by atoms with E-state index in [-0.39, 0.29) is 78.6 Å². The predicted octanol–water partition coefficient (Wildman–Crippen LogP) is 23.0. The highest BCUT2D eigenvalue weighted by Crippen LogP contribution is 2.24. The van der Waals surface area contributed by atoms with Crippen molar-refractivity contribution in [2.45, 2.75) is 167 Å². The molecule has 0 aromatic carbocycles. The minimum absolute atomic E-state index is 0.00574. The molecular formula is C100H143N7O17S11. The Balaban J connectivity index is 0.00000146. The summed E-state index contributed by atoms with van der Waals surface area (Å²) in [6, 6.07) is 21.4. The van der Waals surface area contributed by atoms with Gasteiger partial charge in [-0.15, -0.1) is 125 Å². The summed E-state index contributed by atoms with van der Waals surface area (Å²) in [5, 5.41) is 50.0. The second kappa shape index (κ2) is 74.7. The van der Waals surface area contributed by atoms with Gasteiger partial charge in [0.25, 0.3) is 17.7 Å². The van der Waals surface area contributed by atoms with Gasteiger partial charge in [0.1, 0.15) is 13.5 Å². The van der Waals surface area contributed by atoms with E-state index < -0.39 is 5.97 Å². The van der Waals surface area contributed by atoms with Crippen LogP contribution in [-0.4, -0.2) is 242 Å². The van der Waals surface area contributed by atoms with Gasteiger partial charge in [-0.2, -0.15) is 0 Å². The Morgan fingerprint density at radius 3 is 1.00 bits per heavy atom. The second-order valence-electron chi connectivity index (χ2n) is 31.0. The zero-order valence-electron chi connectivity index (χ0n) is 82.8. The molecule has 0 aliphatic rings. The maximum absolute atomic E-state index is 12.2. The van der Waals surface area contributed by atoms with E-state index in [9.17, 15) is 47.9 Å². The molecule has 0 aliphatic heterocycles. The van der Waals surface area contributed by atoms with Crippen LogP contribution in [0.2, 0.25) is 0 Å². The molecule has 11 heterocycles. The molecule has 4 amide bonds. The zero-order chi connectivity index (χ0) is 102. The number of methoxy groups -OCH3 is 3. The van der Waals surface area contributed by atoms with Crippen molar-refractivity contribution in [3.8, 4) is 0 Å². The molecule has 0 saturated heterocycles. The molecule has 135 heavy (non-hydrogen) atoms. The van der Waals surface area contributed by atoms with Gasteiger partial charge >= 0.3 is 5.97 Å². The van der Waals surface area contributed by atoms with Crippen LogP contribution in [0.5, 0.6) is 0 Å². The van der Waals surface area contributed by atoms with Crippen molar-refractivity contribution in [2.75, 3.05) is 142 Å².